The maximum Gasteiger partial charge on any atom is 0.199 e. The van der Waals surface area contributed by atoms with E-state index >= 15 is 0 Å². The molecule has 0 bridgehead atoms. The molecule has 0 aliphatic carbocycles. The Kier molecular flexibility index (Phi) is 3.67. The summed E-state index contributed by atoms with van der Waals surface area (Å²) in [4.78, 5) is 12.6. The van der Waals surface area contributed by atoms with E-state index in [1.165, 1.54) is 17.4 Å². The van der Waals surface area contributed by atoms with E-state index in [4.69, 9.17) is 4.74 Å². The number of hydrogen-bond donors (Lipinski definition) is 1. The minimum absolute atomic E-state index is 0.0393. The summed E-state index contributed by atoms with van der Waals surface area (Å²) in [6.45, 7) is 0.411. The van der Waals surface area contributed by atoms with Crippen LogP contribution in [0.15, 0.2) is 71.5 Å². The van der Waals surface area contributed by atoms with Crippen LogP contribution < -0.4 is 10.2 Å². The molecule has 0 fully saturated rings. The highest BCUT2D eigenvalue weighted by Gasteiger charge is 2.12. The molecule has 0 spiro atoms. The molecule has 1 N–H and O–H groups in total. The summed E-state index contributed by atoms with van der Waals surface area (Å²) in [5.74, 6) is 0.511. The van der Waals surface area contributed by atoms with Crippen molar-refractivity contribution in [1.29, 1.82) is 0 Å². The van der Waals surface area contributed by atoms with Crippen molar-refractivity contribution in [2.45, 2.75) is 6.61 Å². The smallest absolute Gasteiger partial charge is 0.199 e. The molecule has 24 heavy (non-hydrogen) atoms. The third-order valence-electron chi connectivity index (χ3n) is 3.88. The first kappa shape index (κ1) is 14.7. The lowest BCUT2D eigenvalue weighted by Crippen LogP contribution is -2.02. The average molecular weight is 334 g/mol. The maximum atomic E-state index is 12.6. The molecule has 0 saturated carbocycles. The van der Waals surface area contributed by atoms with Gasteiger partial charge in [0.2, 0.25) is 0 Å². The maximum absolute atomic E-state index is 12.6. The highest BCUT2D eigenvalue weighted by molar-refractivity contribution is 7.24. The lowest BCUT2D eigenvalue weighted by molar-refractivity contribution is 0.305. The van der Waals surface area contributed by atoms with Gasteiger partial charge in [-0.15, -0.1) is 11.3 Å². The fraction of sp³-hybridized carbons (Fsp3) is 0.0500. The fourth-order valence-corrected chi connectivity index (χ4v) is 3.83. The van der Waals surface area contributed by atoms with Crippen LogP contribution in [0.3, 0.4) is 0 Å². The number of rotatable bonds is 3. The molecule has 3 aromatic carbocycles. The second-order valence-electron chi connectivity index (χ2n) is 5.52. The number of phenols is 1. The van der Waals surface area contributed by atoms with Crippen LogP contribution in [0.1, 0.15) is 5.56 Å². The molecule has 4 aromatic rings. The summed E-state index contributed by atoms with van der Waals surface area (Å²) in [6.07, 6.45) is 0. The van der Waals surface area contributed by atoms with Gasteiger partial charge < -0.3 is 9.84 Å². The van der Waals surface area contributed by atoms with Crippen LogP contribution in [0, 0.1) is 0 Å². The van der Waals surface area contributed by atoms with Gasteiger partial charge in [0.05, 0.1) is 5.39 Å². The summed E-state index contributed by atoms with van der Waals surface area (Å²) < 4.78 is 7.40. The second-order valence-corrected chi connectivity index (χ2v) is 6.60. The van der Waals surface area contributed by atoms with E-state index in [1.807, 2.05) is 54.6 Å². The summed E-state index contributed by atoms with van der Waals surface area (Å²) in [7, 11) is 0. The van der Waals surface area contributed by atoms with Crippen LogP contribution in [-0.4, -0.2) is 5.11 Å². The number of aromatic hydroxyl groups is 1. The lowest BCUT2D eigenvalue weighted by atomic mass is 10.1. The minimum atomic E-state index is -0.147. The minimum Gasteiger partial charge on any atom is -0.507 e. The van der Waals surface area contributed by atoms with Gasteiger partial charge >= 0.3 is 0 Å². The monoisotopic (exact) mass is 334 g/mol. The largest absolute Gasteiger partial charge is 0.507 e. The van der Waals surface area contributed by atoms with Crippen molar-refractivity contribution in [2.75, 3.05) is 0 Å². The first-order valence-electron chi connectivity index (χ1n) is 7.58. The van der Waals surface area contributed by atoms with E-state index < -0.39 is 0 Å². The standard InChI is InChI=1S/C20H14O3S/c21-16-10-14(23-12-13-6-2-1-3-7-13)11-18-19(16)20(22)15-8-4-5-9-17(15)24-18/h1-11,21H,12H2. The van der Waals surface area contributed by atoms with Gasteiger partial charge in [0.1, 0.15) is 18.1 Å². The highest BCUT2D eigenvalue weighted by atomic mass is 32.1. The normalized spacial score (nSPS) is 11.0. The Balaban J connectivity index is 1.79. The molecule has 0 unspecified atom stereocenters. The van der Waals surface area contributed by atoms with Crippen LogP contribution in [-0.2, 0) is 6.61 Å². The predicted molar refractivity (Wildman–Crippen MR) is 98.0 cm³/mol. The van der Waals surface area contributed by atoms with Gasteiger partial charge in [0, 0.05) is 20.9 Å². The van der Waals surface area contributed by atoms with Gasteiger partial charge in [-0.2, -0.15) is 0 Å². The zero-order chi connectivity index (χ0) is 16.5. The van der Waals surface area contributed by atoms with Gasteiger partial charge in [-0.3, -0.25) is 4.79 Å². The SMILES string of the molecule is O=c1c2ccccc2sc2cc(OCc3ccccc3)cc(O)c12. The number of hydrogen-bond acceptors (Lipinski definition) is 4. The van der Waals surface area contributed by atoms with Crippen molar-refractivity contribution < 1.29 is 9.84 Å². The molecule has 0 radical (unpaired) electrons. The van der Waals surface area contributed by atoms with E-state index in [0.29, 0.717) is 23.1 Å². The van der Waals surface area contributed by atoms with E-state index in [9.17, 15) is 9.90 Å². The quantitative estimate of drug-likeness (QED) is 0.552. The van der Waals surface area contributed by atoms with E-state index in [0.717, 1.165) is 15.0 Å². The molecule has 0 aliphatic rings. The predicted octanol–water partition coefficient (Wildman–Crippen LogP) is 4.70. The first-order chi connectivity index (χ1) is 11.7. The molecule has 4 heteroatoms. The molecule has 0 saturated heterocycles. The third-order valence-corrected chi connectivity index (χ3v) is 5.00. The first-order valence-corrected chi connectivity index (χ1v) is 8.39. The average Bonchev–Trinajstić information content (AvgIpc) is 2.61. The molecule has 118 valence electrons. The van der Waals surface area contributed by atoms with Crippen LogP contribution in [0.25, 0.3) is 20.2 Å². The van der Waals surface area contributed by atoms with Gasteiger partial charge in [-0.05, 0) is 23.8 Å². The van der Waals surface area contributed by atoms with Crippen molar-refractivity contribution >= 4 is 31.5 Å². The van der Waals surface area contributed by atoms with Crippen molar-refractivity contribution in [3.05, 3.63) is 82.5 Å². The Morgan fingerprint density at radius 1 is 0.917 bits per heavy atom. The van der Waals surface area contributed by atoms with E-state index in [1.54, 1.807) is 6.07 Å². The van der Waals surface area contributed by atoms with Gasteiger partial charge in [-0.25, -0.2) is 0 Å². The molecule has 1 heterocycles. The van der Waals surface area contributed by atoms with Gasteiger partial charge in [-0.1, -0.05) is 42.5 Å². The molecule has 0 amide bonds. The number of benzene rings is 3. The van der Waals surface area contributed by atoms with Crippen molar-refractivity contribution in [3.8, 4) is 11.5 Å². The summed E-state index contributed by atoms with van der Waals surface area (Å²) in [6, 6.07) is 20.6. The molecule has 0 atom stereocenters. The van der Waals surface area contributed by atoms with Crippen molar-refractivity contribution in [1.82, 2.24) is 0 Å². The Hall–Kier alpha value is -2.85. The van der Waals surface area contributed by atoms with E-state index in [2.05, 4.69) is 0 Å². The fourth-order valence-electron chi connectivity index (χ4n) is 2.71. The number of phenolic OH excluding ortho intramolecular Hbond substituents is 1. The van der Waals surface area contributed by atoms with Crippen molar-refractivity contribution in [3.63, 3.8) is 0 Å². The number of fused-ring (bicyclic) bond motifs is 2. The molecular formula is C20H14O3S. The molecule has 0 aliphatic heterocycles. The Bertz CT molecular complexity index is 1080. The van der Waals surface area contributed by atoms with Crippen molar-refractivity contribution in [2.24, 2.45) is 0 Å². The third kappa shape index (κ3) is 2.61. The Morgan fingerprint density at radius 2 is 1.67 bits per heavy atom. The molecular weight excluding hydrogens is 320 g/mol. The Morgan fingerprint density at radius 3 is 2.50 bits per heavy atom. The van der Waals surface area contributed by atoms with Gasteiger partial charge in [0.15, 0.2) is 5.43 Å². The van der Waals surface area contributed by atoms with Crippen LogP contribution in [0.2, 0.25) is 0 Å². The summed E-state index contributed by atoms with van der Waals surface area (Å²) >= 11 is 1.48. The molecule has 3 nitrogen and oxygen atoms in total. The van der Waals surface area contributed by atoms with E-state index in [-0.39, 0.29) is 11.2 Å². The summed E-state index contributed by atoms with van der Waals surface area (Å²) in [5.41, 5.74) is 0.898. The zero-order valence-electron chi connectivity index (χ0n) is 12.7. The topological polar surface area (TPSA) is 46.5 Å². The highest BCUT2D eigenvalue weighted by Crippen LogP contribution is 2.33. The van der Waals surface area contributed by atoms with Gasteiger partial charge in [0.25, 0.3) is 0 Å². The van der Waals surface area contributed by atoms with Crippen LogP contribution >= 0.6 is 11.3 Å². The van der Waals surface area contributed by atoms with Crippen LogP contribution in [0.5, 0.6) is 11.5 Å². The number of ether oxygens (including phenoxy) is 1. The van der Waals surface area contributed by atoms with Crippen LogP contribution in [0.4, 0.5) is 0 Å². The Labute approximate surface area is 142 Å². The summed E-state index contributed by atoms with van der Waals surface area (Å²) in [5, 5.41) is 11.3. The molecule has 1 aromatic heterocycles. The lowest BCUT2D eigenvalue weighted by Gasteiger charge is -2.09. The second kappa shape index (κ2) is 5.98. The zero-order valence-corrected chi connectivity index (χ0v) is 13.5. The molecule has 4 rings (SSSR count).